The number of rotatable bonds is 4. The SMILES string of the molecule is CCCCN(C)C(=O)c1cc(O)c2c(c1)C(=O)c1cccc(O)c1C2=O. The first-order chi connectivity index (χ1) is 12.4. The number of nitrogens with zero attached hydrogens (tertiary/aromatic N) is 1. The van der Waals surface area contributed by atoms with Gasteiger partial charge in [0.25, 0.3) is 5.91 Å². The molecule has 0 aromatic heterocycles. The zero-order valence-corrected chi connectivity index (χ0v) is 14.6. The van der Waals surface area contributed by atoms with Crippen LogP contribution in [-0.2, 0) is 0 Å². The maximum absolute atomic E-state index is 12.8. The van der Waals surface area contributed by atoms with Gasteiger partial charge in [-0.3, -0.25) is 14.4 Å². The summed E-state index contributed by atoms with van der Waals surface area (Å²) >= 11 is 0. The van der Waals surface area contributed by atoms with Gasteiger partial charge >= 0.3 is 0 Å². The van der Waals surface area contributed by atoms with Crippen molar-refractivity contribution < 1.29 is 24.6 Å². The molecule has 1 amide bonds. The summed E-state index contributed by atoms with van der Waals surface area (Å²) in [5, 5.41) is 20.3. The Morgan fingerprint density at radius 3 is 2.38 bits per heavy atom. The van der Waals surface area contributed by atoms with Gasteiger partial charge in [0.05, 0.1) is 11.1 Å². The largest absolute Gasteiger partial charge is 0.507 e. The molecule has 0 unspecified atom stereocenters. The number of hydrogen-bond acceptors (Lipinski definition) is 5. The van der Waals surface area contributed by atoms with Crippen LogP contribution in [0.25, 0.3) is 0 Å². The molecule has 2 aromatic carbocycles. The van der Waals surface area contributed by atoms with Gasteiger partial charge in [-0.15, -0.1) is 0 Å². The molecule has 134 valence electrons. The number of amides is 1. The molecule has 0 radical (unpaired) electrons. The maximum Gasteiger partial charge on any atom is 0.253 e. The lowest BCUT2D eigenvalue weighted by molar-refractivity contribution is 0.0792. The topological polar surface area (TPSA) is 94.9 Å². The van der Waals surface area contributed by atoms with E-state index in [-0.39, 0.29) is 39.5 Å². The van der Waals surface area contributed by atoms with Crippen LogP contribution in [0.15, 0.2) is 30.3 Å². The molecule has 1 aliphatic carbocycles. The summed E-state index contributed by atoms with van der Waals surface area (Å²) in [5.74, 6) is -2.24. The highest BCUT2D eigenvalue weighted by Gasteiger charge is 2.35. The van der Waals surface area contributed by atoms with Crippen molar-refractivity contribution in [2.45, 2.75) is 19.8 Å². The molecular weight excluding hydrogens is 334 g/mol. The Morgan fingerprint density at radius 2 is 1.69 bits per heavy atom. The summed E-state index contributed by atoms with van der Waals surface area (Å²) in [6, 6.07) is 6.76. The summed E-state index contributed by atoms with van der Waals surface area (Å²) in [5.41, 5.74) is -0.132. The van der Waals surface area contributed by atoms with Crippen LogP contribution in [0.5, 0.6) is 11.5 Å². The normalized spacial score (nSPS) is 12.5. The van der Waals surface area contributed by atoms with Crippen molar-refractivity contribution in [1.82, 2.24) is 4.90 Å². The Kier molecular flexibility index (Phi) is 4.50. The molecule has 3 rings (SSSR count). The van der Waals surface area contributed by atoms with Gasteiger partial charge in [-0.2, -0.15) is 0 Å². The number of phenolic OH excluding ortho intramolecular Hbond substituents is 2. The molecule has 0 saturated heterocycles. The summed E-state index contributed by atoms with van der Waals surface area (Å²) < 4.78 is 0. The second-order valence-corrected chi connectivity index (χ2v) is 6.36. The molecule has 0 spiro atoms. The fourth-order valence-corrected chi connectivity index (χ4v) is 3.12. The molecular formula is C20H19NO5. The van der Waals surface area contributed by atoms with Crippen molar-refractivity contribution in [3.05, 3.63) is 58.1 Å². The first-order valence-electron chi connectivity index (χ1n) is 8.40. The van der Waals surface area contributed by atoms with Crippen LogP contribution < -0.4 is 0 Å². The number of fused-ring (bicyclic) bond motifs is 2. The molecule has 1 aliphatic rings. The molecule has 0 heterocycles. The lowest BCUT2D eigenvalue weighted by atomic mass is 9.82. The van der Waals surface area contributed by atoms with Gasteiger partial charge in [0.1, 0.15) is 11.5 Å². The van der Waals surface area contributed by atoms with E-state index < -0.39 is 17.3 Å². The molecule has 0 saturated carbocycles. The van der Waals surface area contributed by atoms with Crippen LogP contribution in [0.2, 0.25) is 0 Å². The minimum atomic E-state index is -0.636. The van der Waals surface area contributed by atoms with E-state index in [9.17, 15) is 24.6 Å². The van der Waals surface area contributed by atoms with Gasteiger partial charge in [0.2, 0.25) is 5.78 Å². The highest BCUT2D eigenvalue weighted by atomic mass is 16.3. The van der Waals surface area contributed by atoms with Crippen LogP contribution in [0.3, 0.4) is 0 Å². The molecule has 0 atom stereocenters. The van der Waals surface area contributed by atoms with E-state index in [1.807, 2.05) is 6.92 Å². The molecule has 26 heavy (non-hydrogen) atoms. The average Bonchev–Trinajstić information content (AvgIpc) is 2.62. The number of hydrogen-bond donors (Lipinski definition) is 2. The molecule has 6 heteroatoms. The first-order valence-corrected chi connectivity index (χ1v) is 8.40. The van der Waals surface area contributed by atoms with Crippen molar-refractivity contribution in [3.63, 3.8) is 0 Å². The van der Waals surface area contributed by atoms with Crippen LogP contribution in [0, 0.1) is 0 Å². The fraction of sp³-hybridized carbons (Fsp3) is 0.250. The zero-order chi connectivity index (χ0) is 19.0. The lowest BCUT2D eigenvalue weighted by Gasteiger charge is -2.21. The molecule has 0 aliphatic heterocycles. The van der Waals surface area contributed by atoms with E-state index in [4.69, 9.17) is 0 Å². The van der Waals surface area contributed by atoms with E-state index in [0.29, 0.717) is 6.54 Å². The summed E-state index contributed by atoms with van der Waals surface area (Å²) in [7, 11) is 1.65. The Hall–Kier alpha value is -3.15. The zero-order valence-electron chi connectivity index (χ0n) is 14.6. The fourth-order valence-electron chi connectivity index (χ4n) is 3.12. The standard InChI is InChI=1S/C20H19NO5/c1-3-4-8-21(2)20(26)11-9-13-17(15(23)10-11)19(25)16-12(18(13)24)6-5-7-14(16)22/h5-7,9-10,22-23H,3-4,8H2,1-2H3. The van der Waals surface area contributed by atoms with Gasteiger partial charge < -0.3 is 15.1 Å². The predicted molar refractivity (Wildman–Crippen MR) is 94.9 cm³/mol. The summed E-state index contributed by atoms with van der Waals surface area (Å²) in [6.07, 6.45) is 1.77. The van der Waals surface area contributed by atoms with Crippen molar-refractivity contribution in [3.8, 4) is 11.5 Å². The third kappa shape index (κ3) is 2.73. The van der Waals surface area contributed by atoms with Crippen molar-refractivity contribution in [2.24, 2.45) is 0 Å². The predicted octanol–water partition coefficient (Wildman–Crippen LogP) is 2.75. The van der Waals surface area contributed by atoms with Gasteiger partial charge in [-0.05, 0) is 24.6 Å². The highest BCUT2D eigenvalue weighted by Crippen LogP contribution is 2.37. The highest BCUT2D eigenvalue weighted by molar-refractivity contribution is 6.30. The van der Waals surface area contributed by atoms with E-state index in [0.717, 1.165) is 12.8 Å². The Bertz CT molecular complexity index is 932. The quantitative estimate of drug-likeness (QED) is 0.752. The Morgan fingerprint density at radius 1 is 1.00 bits per heavy atom. The first kappa shape index (κ1) is 17.7. The van der Waals surface area contributed by atoms with Crippen LogP contribution >= 0.6 is 0 Å². The van der Waals surface area contributed by atoms with E-state index in [1.54, 1.807) is 7.05 Å². The van der Waals surface area contributed by atoms with Gasteiger partial charge in [0, 0.05) is 30.3 Å². The molecule has 2 aromatic rings. The molecule has 0 fully saturated rings. The Balaban J connectivity index is 2.09. The van der Waals surface area contributed by atoms with Crippen molar-refractivity contribution in [2.75, 3.05) is 13.6 Å². The number of carbonyl (C=O) groups is 3. The number of benzene rings is 2. The van der Waals surface area contributed by atoms with E-state index in [1.165, 1.54) is 35.2 Å². The van der Waals surface area contributed by atoms with Gasteiger partial charge in [-0.25, -0.2) is 0 Å². The van der Waals surface area contributed by atoms with Gasteiger partial charge in [-0.1, -0.05) is 25.5 Å². The molecule has 2 N–H and O–H groups in total. The lowest BCUT2D eigenvalue weighted by Crippen LogP contribution is -2.28. The smallest absolute Gasteiger partial charge is 0.253 e. The second kappa shape index (κ2) is 6.63. The number of ketones is 2. The van der Waals surface area contributed by atoms with Crippen LogP contribution in [-0.4, -0.2) is 46.2 Å². The van der Waals surface area contributed by atoms with E-state index in [2.05, 4.69) is 0 Å². The van der Waals surface area contributed by atoms with Crippen molar-refractivity contribution in [1.29, 1.82) is 0 Å². The Labute approximate surface area is 150 Å². The second-order valence-electron chi connectivity index (χ2n) is 6.36. The number of aromatic hydroxyl groups is 2. The maximum atomic E-state index is 12.8. The summed E-state index contributed by atoms with van der Waals surface area (Å²) in [4.78, 5) is 39.5. The third-order valence-corrected chi connectivity index (χ3v) is 4.54. The minimum absolute atomic E-state index is 0.0275. The monoisotopic (exact) mass is 353 g/mol. The number of unbranched alkanes of at least 4 members (excludes halogenated alkanes) is 1. The molecule has 6 nitrogen and oxygen atoms in total. The number of phenols is 2. The average molecular weight is 353 g/mol. The summed E-state index contributed by atoms with van der Waals surface area (Å²) in [6.45, 7) is 2.57. The van der Waals surface area contributed by atoms with Gasteiger partial charge in [0.15, 0.2) is 5.78 Å². The number of carbonyl (C=O) groups excluding carboxylic acids is 3. The van der Waals surface area contributed by atoms with Crippen molar-refractivity contribution >= 4 is 17.5 Å². The van der Waals surface area contributed by atoms with Crippen LogP contribution in [0.1, 0.15) is 62.0 Å². The van der Waals surface area contributed by atoms with Crippen LogP contribution in [0.4, 0.5) is 0 Å². The van der Waals surface area contributed by atoms with E-state index >= 15 is 0 Å². The molecule has 0 bridgehead atoms. The third-order valence-electron chi connectivity index (χ3n) is 4.54. The minimum Gasteiger partial charge on any atom is -0.507 e.